The molecule has 4 nitrogen and oxygen atoms in total. The number of nitrogen functional groups attached to an aromatic ring is 1. The minimum absolute atomic E-state index is 0.294. The number of methoxy groups -OCH3 is 1. The summed E-state index contributed by atoms with van der Waals surface area (Å²) in [6.07, 6.45) is 1.61. The quantitative estimate of drug-likeness (QED) is 0.832. The van der Waals surface area contributed by atoms with Crippen molar-refractivity contribution in [2.75, 3.05) is 12.8 Å². The van der Waals surface area contributed by atoms with Crippen LogP contribution in [0.15, 0.2) is 24.4 Å². The zero-order chi connectivity index (χ0) is 11.5. The van der Waals surface area contributed by atoms with E-state index >= 15 is 0 Å². The predicted molar refractivity (Wildman–Crippen MR) is 59.1 cm³/mol. The average Bonchev–Trinajstić information content (AvgIpc) is 2.65. The van der Waals surface area contributed by atoms with Gasteiger partial charge in [0.05, 0.1) is 12.8 Å². The van der Waals surface area contributed by atoms with Gasteiger partial charge in [-0.2, -0.15) is 5.10 Å². The van der Waals surface area contributed by atoms with E-state index < -0.39 is 0 Å². The van der Waals surface area contributed by atoms with E-state index in [1.807, 2.05) is 0 Å². The van der Waals surface area contributed by atoms with Crippen LogP contribution in [-0.2, 0) is 11.3 Å². The van der Waals surface area contributed by atoms with Gasteiger partial charge in [-0.05, 0) is 23.3 Å². The number of H-pyrrole nitrogens is 1. The molecular formula is C11H12FN3O. The molecule has 0 saturated carbocycles. The first kappa shape index (κ1) is 10.6. The minimum Gasteiger partial charge on any atom is -0.384 e. The Morgan fingerprint density at radius 2 is 2.25 bits per heavy atom. The van der Waals surface area contributed by atoms with Crippen molar-refractivity contribution in [1.82, 2.24) is 10.2 Å². The topological polar surface area (TPSA) is 63.9 Å². The molecule has 0 unspecified atom stereocenters. The number of ether oxygens (including phenoxy) is 1. The lowest BCUT2D eigenvalue weighted by Crippen LogP contribution is -1.95. The summed E-state index contributed by atoms with van der Waals surface area (Å²) in [6.45, 7) is 0.331. The van der Waals surface area contributed by atoms with Gasteiger partial charge in [0.15, 0.2) is 0 Å². The highest BCUT2D eigenvalue weighted by atomic mass is 19.1. The number of nitrogens with two attached hydrogens (primary N) is 1. The Bertz CT molecular complexity index is 496. The fraction of sp³-hybridized carbons (Fsp3) is 0.182. The Morgan fingerprint density at radius 3 is 2.88 bits per heavy atom. The van der Waals surface area contributed by atoms with Crippen molar-refractivity contribution in [1.29, 1.82) is 0 Å². The molecule has 0 amide bonds. The van der Waals surface area contributed by atoms with Crippen molar-refractivity contribution in [2.45, 2.75) is 6.61 Å². The molecule has 0 radical (unpaired) electrons. The molecule has 0 bridgehead atoms. The van der Waals surface area contributed by atoms with Gasteiger partial charge in [-0.15, -0.1) is 0 Å². The Morgan fingerprint density at radius 1 is 1.44 bits per heavy atom. The van der Waals surface area contributed by atoms with E-state index in [4.69, 9.17) is 10.5 Å². The van der Waals surface area contributed by atoms with Crippen molar-refractivity contribution < 1.29 is 9.13 Å². The Labute approximate surface area is 92.2 Å². The number of aromatic amines is 1. The molecule has 1 aromatic carbocycles. The number of nitrogens with one attached hydrogen (secondary N) is 1. The van der Waals surface area contributed by atoms with Crippen LogP contribution >= 0.6 is 0 Å². The minimum atomic E-state index is -0.294. The number of rotatable bonds is 3. The molecule has 2 rings (SSSR count). The first-order valence-electron chi connectivity index (χ1n) is 4.79. The predicted octanol–water partition coefficient (Wildman–Crippen LogP) is 1.94. The highest BCUT2D eigenvalue weighted by molar-refractivity contribution is 5.75. The van der Waals surface area contributed by atoms with Gasteiger partial charge < -0.3 is 10.5 Å². The second-order valence-electron chi connectivity index (χ2n) is 3.43. The van der Waals surface area contributed by atoms with E-state index in [0.29, 0.717) is 12.4 Å². The second kappa shape index (κ2) is 4.32. The summed E-state index contributed by atoms with van der Waals surface area (Å²) in [5.74, 6) is 0.168. The molecule has 84 valence electrons. The molecule has 0 fully saturated rings. The number of halogens is 1. The molecule has 1 heterocycles. The Hall–Kier alpha value is -1.88. The van der Waals surface area contributed by atoms with Crippen LogP contribution in [0, 0.1) is 5.82 Å². The number of hydrogen-bond donors (Lipinski definition) is 2. The number of hydrogen-bond acceptors (Lipinski definition) is 3. The molecule has 0 spiro atoms. The van der Waals surface area contributed by atoms with Gasteiger partial charge in [-0.3, -0.25) is 5.10 Å². The molecule has 0 aliphatic rings. The van der Waals surface area contributed by atoms with Crippen LogP contribution in [0.5, 0.6) is 0 Å². The third kappa shape index (κ3) is 1.90. The lowest BCUT2D eigenvalue weighted by Gasteiger charge is -2.07. The van der Waals surface area contributed by atoms with Crippen LogP contribution in [0.4, 0.5) is 10.2 Å². The normalized spacial score (nSPS) is 10.6. The van der Waals surface area contributed by atoms with Crippen LogP contribution < -0.4 is 5.73 Å². The SMILES string of the molecule is COCc1cc(F)ccc1-c1cn[nH]c1N. The van der Waals surface area contributed by atoms with Crippen LogP contribution in [0.2, 0.25) is 0 Å². The van der Waals surface area contributed by atoms with Gasteiger partial charge in [0, 0.05) is 12.7 Å². The first-order chi connectivity index (χ1) is 7.72. The molecule has 2 aromatic rings. The van der Waals surface area contributed by atoms with Gasteiger partial charge >= 0.3 is 0 Å². The zero-order valence-electron chi connectivity index (χ0n) is 8.83. The Balaban J connectivity index is 2.51. The molecule has 0 aliphatic heterocycles. The van der Waals surface area contributed by atoms with Crippen molar-refractivity contribution in [3.05, 3.63) is 35.8 Å². The zero-order valence-corrected chi connectivity index (χ0v) is 8.83. The molecule has 1 aromatic heterocycles. The molecule has 16 heavy (non-hydrogen) atoms. The highest BCUT2D eigenvalue weighted by Crippen LogP contribution is 2.28. The van der Waals surface area contributed by atoms with Crippen LogP contribution in [-0.4, -0.2) is 17.3 Å². The summed E-state index contributed by atoms with van der Waals surface area (Å²) in [5, 5.41) is 6.48. The van der Waals surface area contributed by atoms with Gasteiger partial charge in [-0.1, -0.05) is 6.07 Å². The van der Waals surface area contributed by atoms with Crippen molar-refractivity contribution >= 4 is 5.82 Å². The summed E-state index contributed by atoms with van der Waals surface area (Å²) in [6, 6.07) is 4.50. The lowest BCUT2D eigenvalue weighted by molar-refractivity contribution is 0.185. The number of aromatic nitrogens is 2. The van der Waals surface area contributed by atoms with E-state index in [-0.39, 0.29) is 5.82 Å². The highest BCUT2D eigenvalue weighted by Gasteiger charge is 2.10. The average molecular weight is 221 g/mol. The van der Waals surface area contributed by atoms with E-state index in [2.05, 4.69) is 10.2 Å². The molecular weight excluding hydrogens is 209 g/mol. The fourth-order valence-corrected chi connectivity index (χ4v) is 1.61. The largest absolute Gasteiger partial charge is 0.384 e. The fourth-order valence-electron chi connectivity index (χ4n) is 1.61. The molecule has 0 saturated heterocycles. The number of anilines is 1. The van der Waals surface area contributed by atoms with Crippen molar-refractivity contribution in [3.63, 3.8) is 0 Å². The van der Waals surface area contributed by atoms with Crippen LogP contribution in [0.3, 0.4) is 0 Å². The van der Waals surface area contributed by atoms with Gasteiger partial charge in [-0.25, -0.2) is 4.39 Å². The Kier molecular flexibility index (Phi) is 2.87. The first-order valence-corrected chi connectivity index (χ1v) is 4.79. The second-order valence-corrected chi connectivity index (χ2v) is 3.43. The van der Waals surface area contributed by atoms with Gasteiger partial charge in [0.25, 0.3) is 0 Å². The van der Waals surface area contributed by atoms with Crippen LogP contribution in [0.1, 0.15) is 5.56 Å². The summed E-state index contributed by atoms with van der Waals surface area (Å²) in [5.41, 5.74) is 8.05. The van der Waals surface area contributed by atoms with E-state index in [1.54, 1.807) is 19.4 Å². The molecule has 0 atom stereocenters. The maximum Gasteiger partial charge on any atom is 0.126 e. The lowest BCUT2D eigenvalue weighted by atomic mass is 10.0. The number of nitrogens with zero attached hydrogens (tertiary/aromatic N) is 1. The molecule has 5 heteroatoms. The maximum absolute atomic E-state index is 13.1. The summed E-state index contributed by atoms with van der Waals surface area (Å²) in [7, 11) is 1.56. The monoisotopic (exact) mass is 221 g/mol. The van der Waals surface area contributed by atoms with E-state index in [1.165, 1.54) is 12.1 Å². The van der Waals surface area contributed by atoms with E-state index in [0.717, 1.165) is 16.7 Å². The standard InChI is InChI=1S/C11H12FN3O/c1-16-6-7-4-8(12)2-3-9(7)10-5-14-15-11(10)13/h2-5H,6H2,1H3,(H3,13,14,15). The summed E-state index contributed by atoms with van der Waals surface area (Å²) in [4.78, 5) is 0. The van der Waals surface area contributed by atoms with Gasteiger partial charge in [0.1, 0.15) is 11.6 Å². The maximum atomic E-state index is 13.1. The van der Waals surface area contributed by atoms with Crippen molar-refractivity contribution in [3.8, 4) is 11.1 Å². The number of benzene rings is 1. The molecule has 0 aliphatic carbocycles. The summed E-state index contributed by atoms with van der Waals surface area (Å²) < 4.78 is 18.1. The molecule has 3 N–H and O–H groups in total. The van der Waals surface area contributed by atoms with Gasteiger partial charge in [0.2, 0.25) is 0 Å². The summed E-state index contributed by atoms with van der Waals surface area (Å²) >= 11 is 0. The third-order valence-electron chi connectivity index (χ3n) is 2.33. The van der Waals surface area contributed by atoms with E-state index in [9.17, 15) is 4.39 Å². The van der Waals surface area contributed by atoms with Crippen LogP contribution in [0.25, 0.3) is 11.1 Å². The third-order valence-corrected chi connectivity index (χ3v) is 2.33. The van der Waals surface area contributed by atoms with Crippen molar-refractivity contribution in [2.24, 2.45) is 0 Å². The smallest absolute Gasteiger partial charge is 0.126 e.